The second-order valence-corrected chi connectivity index (χ2v) is 3.09. The smallest absolute Gasteiger partial charge is 0.230 e. The van der Waals surface area contributed by atoms with Gasteiger partial charge in [0.1, 0.15) is 5.82 Å². The molecule has 3 N–H and O–H groups in total. The highest BCUT2D eigenvalue weighted by molar-refractivity contribution is 5.81. The summed E-state index contributed by atoms with van der Waals surface area (Å²) in [5.41, 5.74) is 5.38. The highest BCUT2D eigenvalue weighted by Crippen LogP contribution is 2.12. The van der Waals surface area contributed by atoms with Gasteiger partial charge >= 0.3 is 0 Å². The summed E-state index contributed by atoms with van der Waals surface area (Å²) < 4.78 is 0. The van der Waals surface area contributed by atoms with Crippen LogP contribution in [0, 0.1) is 5.92 Å². The van der Waals surface area contributed by atoms with E-state index in [2.05, 4.69) is 11.9 Å². The first-order valence-corrected chi connectivity index (χ1v) is 4.06. The average molecular weight is 169 g/mol. The fourth-order valence-corrected chi connectivity index (χ4v) is 1.29. The predicted molar refractivity (Wildman–Crippen MR) is 47.1 cm³/mol. The molecule has 1 saturated heterocycles. The van der Waals surface area contributed by atoms with Gasteiger partial charge in [-0.3, -0.25) is 4.79 Å². The van der Waals surface area contributed by atoms with Crippen molar-refractivity contribution in [3.63, 3.8) is 0 Å². The molecule has 0 saturated carbocycles. The van der Waals surface area contributed by atoms with Crippen LogP contribution in [0.15, 0.2) is 12.4 Å². The zero-order valence-electron chi connectivity index (χ0n) is 7.34. The van der Waals surface area contributed by atoms with Crippen LogP contribution in [0.4, 0.5) is 0 Å². The minimum atomic E-state index is 0.0190. The Bertz CT molecular complexity index is 202. The predicted octanol–water partition coefficient (Wildman–Crippen LogP) is -0.516. The van der Waals surface area contributed by atoms with Gasteiger partial charge in [0.15, 0.2) is 0 Å². The molecule has 4 nitrogen and oxygen atoms in total. The molecule has 1 rings (SSSR count). The molecule has 0 aromatic heterocycles. The van der Waals surface area contributed by atoms with Crippen LogP contribution >= 0.6 is 0 Å². The van der Waals surface area contributed by atoms with Gasteiger partial charge in [-0.2, -0.15) is 0 Å². The van der Waals surface area contributed by atoms with Crippen LogP contribution in [-0.4, -0.2) is 30.9 Å². The summed E-state index contributed by atoms with van der Waals surface area (Å²) in [5.74, 6) is 0.738. The van der Waals surface area contributed by atoms with Gasteiger partial charge in [0.2, 0.25) is 5.91 Å². The van der Waals surface area contributed by atoms with Crippen molar-refractivity contribution in [1.29, 1.82) is 0 Å². The lowest BCUT2D eigenvalue weighted by Gasteiger charge is -2.32. The van der Waals surface area contributed by atoms with Gasteiger partial charge in [-0.05, 0) is 13.0 Å². The minimum Gasteiger partial charge on any atom is -0.361 e. The lowest BCUT2D eigenvalue weighted by molar-refractivity contribution is -0.127. The van der Waals surface area contributed by atoms with Gasteiger partial charge in [0.05, 0.1) is 5.92 Å². The largest absolute Gasteiger partial charge is 0.361 e. The molecule has 1 aliphatic rings. The third-order valence-corrected chi connectivity index (χ3v) is 2.11. The van der Waals surface area contributed by atoms with Gasteiger partial charge < -0.3 is 16.0 Å². The first kappa shape index (κ1) is 9.06. The Morgan fingerprint density at radius 1 is 1.83 bits per heavy atom. The van der Waals surface area contributed by atoms with Gasteiger partial charge in [0.25, 0.3) is 0 Å². The van der Waals surface area contributed by atoms with Crippen LogP contribution in [0.2, 0.25) is 0 Å². The quantitative estimate of drug-likeness (QED) is 0.585. The van der Waals surface area contributed by atoms with E-state index in [1.165, 1.54) is 0 Å². The molecule has 0 aromatic carbocycles. The van der Waals surface area contributed by atoms with Gasteiger partial charge in [0, 0.05) is 13.6 Å². The molecule has 1 atom stereocenters. The van der Waals surface area contributed by atoms with E-state index in [1.807, 2.05) is 11.9 Å². The van der Waals surface area contributed by atoms with Crippen molar-refractivity contribution in [3.05, 3.63) is 12.4 Å². The van der Waals surface area contributed by atoms with Crippen molar-refractivity contribution in [3.8, 4) is 0 Å². The maximum atomic E-state index is 11.3. The van der Waals surface area contributed by atoms with Crippen LogP contribution < -0.4 is 11.1 Å². The molecule has 1 heterocycles. The fraction of sp³-hybridized carbons (Fsp3) is 0.625. The van der Waals surface area contributed by atoms with Crippen molar-refractivity contribution in [2.24, 2.45) is 11.7 Å². The first-order chi connectivity index (χ1) is 5.65. The third kappa shape index (κ3) is 1.76. The number of nitrogens with zero attached hydrogens (tertiary/aromatic N) is 1. The summed E-state index contributed by atoms with van der Waals surface area (Å²) in [6.07, 6.45) is 0.740. The number of hydrogen-bond acceptors (Lipinski definition) is 3. The standard InChI is InChI=1S/C8H15N3O/c1-6-10-8(12)7(3-4-9)5-11(6)2/h7H,1,3-5,9H2,2H3,(H,10,12)/t7-/m1/s1. The molecule has 4 heteroatoms. The molecule has 1 amide bonds. The van der Waals surface area contributed by atoms with E-state index in [4.69, 9.17) is 5.73 Å². The van der Waals surface area contributed by atoms with Crippen molar-refractivity contribution in [1.82, 2.24) is 10.2 Å². The van der Waals surface area contributed by atoms with E-state index >= 15 is 0 Å². The van der Waals surface area contributed by atoms with Crippen LogP contribution in [0.25, 0.3) is 0 Å². The Balaban J connectivity index is 2.55. The zero-order chi connectivity index (χ0) is 9.14. The Hall–Kier alpha value is -1.03. The second kappa shape index (κ2) is 3.58. The summed E-state index contributed by atoms with van der Waals surface area (Å²) in [5, 5.41) is 2.70. The highest BCUT2D eigenvalue weighted by Gasteiger charge is 2.25. The Labute approximate surface area is 72.4 Å². The number of carbonyl (C=O) groups is 1. The molecule has 0 radical (unpaired) electrons. The maximum absolute atomic E-state index is 11.3. The van der Waals surface area contributed by atoms with E-state index in [0.717, 1.165) is 13.0 Å². The van der Waals surface area contributed by atoms with Crippen molar-refractivity contribution in [2.45, 2.75) is 6.42 Å². The molecule has 1 aliphatic heterocycles. The summed E-state index contributed by atoms with van der Waals surface area (Å²) in [6.45, 7) is 4.98. The van der Waals surface area contributed by atoms with E-state index in [9.17, 15) is 4.79 Å². The SMILES string of the molecule is C=C1NC(=O)[C@H](CCN)CN1C. The molecule has 1 fully saturated rings. The van der Waals surface area contributed by atoms with Gasteiger partial charge in [-0.25, -0.2) is 0 Å². The van der Waals surface area contributed by atoms with Crippen LogP contribution in [0.5, 0.6) is 0 Å². The van der Waals surface area contributed by atoms with Crippen LogP contribution in [0.1, 0.15) is 6.42 Å². The first-order valence-electron chi connectivity index (χ1n) is 4.06. The van der Waals surface area contributed by atoms with Crippen molar-refractivity contribution in [2.75, 3.05) is 20.1 Å². The van der Waals surface area contributed by atoms with Crippen molar-refractivity contribution >= 4 is 5.91 Å². The minimum absolute atomic E-state index is 0.0190. The lowest BCUT2D eigenvalue weighted by Crippen LogP contribution is -2.47. The van der Waals surface area contributed by atoms with Crippen molar-refractivity contribution < 1.29 is 4.79 Å². The van der Waals surface area contributed by atoms with Gasteiger partial charge in [-0.1, -0.05) is 6.58 Å². The maximum Gasteiger partial charge on any atom is 0.230 e. The van der Waals surface area contributed by atoms with E-state index in [1.54, 1.807) is 0 Å². The molecule has 0 spiro atoms. The number of hydrogen-bond donors (Lipinski definition) is 2. The lowest BCUT2D eigenvalue weighted by atomic mass is 10.0. The van der Waals surface area contributed by atoms with E-state index in [-0.39, 0.29) is 11.8 Å². The summed E-state index contributed by atoms with van der Waals surface area (Å²) in [4.78, 5) is 13.2. The average Bonchev–Trinajstić information content (AvgIpc) is 2.01. The Kier molecular flexibility index (Phi) is 2.70. The summed E-state index contributed by atoms with van der Waals surface area (Å²) in [6, 6.07) is 0. The molecular weight excluding hydrogens is 154 g/mol. The number of rotatable bonds is 2. The zero-order valence-corrected chi connectivity index (χ0v) is 7.34. The molecule has 12 heavy (non-hydrogen) atoms. The van der Waals surface area contributed by atoms with Gasteiger partial charge in [-0.15, -0.1) is 0 Å². The molecule has 0 aliphatic carbocycles. The number of nitrogens with two attached hydrogens (primary N) is 1. The van der Waals surface area contributed by atoms with E-state index in [0.29, 0.717) is 12.4 Å². The topological polar surface area (TPSA) is 58.4 Å². The molecule has 0 unspecified atom stereocenters. The molecule has 0 aromatic rings. The highest BCUT2D eigenvalue weighted by atomic mass is 16.2. The summed E-state index contributed by atoms with van der Waals surface area (Å²) >= 11 is 0. The number of amides is 1. The molecule has 0 bridgehead atoms. The molecule has 68 valence electrons. The fourth-order valence-electron chi connectivity index (χ4n) is 1.29. The second-order valence-electron chi connectivity index (χ2n) is 3.09. The number of carbonyl (C=O) groups excluding carboxylic acids is 1. The third-order valence-electron chi connectivity index (χ3n) is 2.11. The van der Waals surface area contributed by atoms with E-state index < -0.39 is 0 Å². The normalized spacial score (nSPS) is 24.2. The van der Waals surface area contributed by atoms with Crippen LogP contribution in [-0.2, 0) is 4.79 Å². The Morgan fingerprint density at radius 2 is 2.50 bits per heavy atom. The van der Waals surface area contributed by atoms with Crippen LogP contribution in [0.3, 0.4) is 0 Å². The molecular formula is C8H15N3O. The summed E-state index contributed by atoms with van der Waals surface area (Å²) in [7, 11) is 1.91. The number of nitrogens with one attached hydrogen (secondary N) is 1. The monoisotopic (exact) mass is 169 g/mol. The Morgan fingerprint density at radius 3 is 3.08 bits per heavy atom.